The van der Waals surface area contributed by atoms with Gasteiger partial charge in [-0.1, -0.05) is 12.8 Å². The summed E-state index contributed by atoms with van der Waals surface area (Å²) in [6.45, 7) is 3.97. The van der Waals surface area contributed by atoms with Crippen molar-refractivity contribution >= 4 is 34.4 Å². The van der Waals surface area contributed by atoms with Crippen molar-refractivity contribution in [3.63, 3.8) is 0 Å². The van der Waals surface area contributed by atoms with E-state index in [9.17, 15) is 4.79 Å². The van der Waals surface area contributed by atoms with Gasteiger partial charge >= 0.3 is 0 Å². The Kier molecular flexibility index (Phi) is 4.48. The molecular weight excluding hydrogens is 392 g/mol. The maximum Gasteiger partial charge on any atom is 0.268 e. The number of carbonyl (C=O) groups excluding carboxylic acids is 1. The standard InChI is InChI=1S/C22H26N8O/c31-21-18-11-14-12-25-22(28-20(14)30(18)17-4-2-1-3-16(17)26-21)27-19-6-5-15(13-24-19)29-9-7-23-8-10-29/h5-6,11-13,16-17,23H,1-4,7-10H2,(H,26,31)(H,24,25,27,28)/t16-,17?/m0/s1. The Hall–Kier alpha value is -3.20. The van der Waals surface area contributed by atoms with Crippen molar-refractivity contribution in [1.29, 1.82) is 0 Å². The number of amides is 1. The van der Waals surface area contributed by atoms with Gasteiger partial charge in [-0.2, -0.15) is 4.98 Å². The zero-order valence-electron chi connectivity index (χ0n) is 17.3. The lowest BCUT2D eigenvalue weighted by Crippen LogP contribution is -2.48. The fourth-order valence-electron chi connectivity index (χ4n) is 5.09. The Bertz CT molecular complexity index is 1120. The van der Waals surface area contributed by atoms with Crippen LogP contribution >= 0.6 is 0 Å². The van der Waals surface area contributed by atoms with Gasteiger partial charge in [0.05, 0.1) is 17.9 Å². The lowest BCUT2D eigenvalue weighted by molar-refractivity contribution is 0.0855. The zero-order chi connectivity index (χ0) is 20.8. The molecule has 3 N–H and O–H groups in total. The summed E-state index contributed by atoms with van der Waals surface area (Å²) in [7, 11) is 0. The molecule has 2 aliphatic heterocycles. The smallest absolute Gasteiger partial charge is 0.268 e. The summed E-state index contributed by atoms with van der Waals surface area (Å²) in [5, 5.41) is 10.7. The van der Waals surface area contributed by atoms with E-state index in [1.54, 1.807) is 6.20 Å². The molecule has 3 aliphatic rings. The number of rotatable bonds is 3. The average molecular weight is 419 g/mol. The minimum Gasteiger partial charge on any atom is -0.368 e. The third-order valence-corrected chi connectivity index (χ3v) is 6.66. The van der Waals surface area contributed by atoms with E-state index in [4.69, 9.17) is 4.98 Å². The SMILES string of the molecule is O=C1N[C@H]2CCCCC2n2c1cc1cnc(Nc3ccc(N4CCNCC4)cn3)nc12. The Morgan fingerprint density at radius 2 is 1.94 bits per heavy atom. The van der Waals surface area contributed by atoms with Crippen molar-refractivity contribution in [2.75, 3.05) is 36.4 Å². The van der Waals surface area contributed by atoms with Crippen molar-refractivity contribution in [1.82, 2.24) is 30.2 Å². The molecule has 1 saturated heterocycles. The Morgan fingerprint density at radius 1 is 1.06 bits per heavy atom. The van der Waals surface area contributed by atoms with Crippen LogP contribution in [0.5, 0.6) is 0 Å². The maximum atomic E-state index is 12.6. The minimum atomic E-state index is -0.0131. The Labute approximate surface area is 180 Å². The van der Waals surface area contributed by atoms with Gasteiger partial charge in [0.25, 0.3) is 5.91 Å². The molecule has 6 rings (SSSR count). The van der Waals surface area contributed by atoms with Crippen LogP contribution in [-0.2, 0) is 0 Å². The van der Waals surface area contributed by atoms with E-state index in [0.717, 1.165) is 62.2 Å². The molecule has 5 heterocycles. The van der Waals surface area contributed by atoms with E-state index in [1.807, 2.05) is 18.3 Å². The lowest BCUT2D eigenvalue weighted by atomic mass is 9.88. The third kappa shape index (κ3) is 3.29. The van der Waals surface area contributed by atoms with Gasteiger partial charge < -0.3 is 25.4 Å². The Morgan fingerprint density at radius 3 is 2.77 bits per heavy atom. The molecule has 1 saturated carbocycles. The molecule has 1 unspecified atom stereocenters. The molecule has 1 amide bonds. The van der Waals surface area contributed by atoms with Crippen LogP contribution in [0.2, 0.25) is 0 Å². The number of piperazine rings is 1. The zero-order valence-corrected chi connectivity index (χ0v) is 17.3. The highest BCUT2D eigenvalue weighted by atomic mass is 16.2. The summed E-state index contributed by atoms with van der Waals surface area (Å²) in [6.07, 6.45) is 8.10. The summed E-state index contributed by atoms with van der Waals surface area (Å²) in [6, 6.07) is 6.39. The first-order chi connectivity index (χ1) is 15.3. The molecule has 0 bridgehead atoms. The molecule has 9 nitrogen and oxygen atoms in total. The molecule has 2 atom stereocenters. The van der Waals surface area contributed by atoms with E-state index >= 15 is 0 Å². The van der Waals surface area contributed by atoms with Crippen molar-refractivity contribution in [2.24, 2.45) is 0 Å². The Balaban J connectivity index is 1.29. The number of nitrogens with one attached hydrogen (secondary N) is 3. The van der Waals surface area contributed by atoms with Gasteiger partial charge in [0.15, 0.2) is 0 Å². The van der Waals surface area contributed by atoms with Crippen molar-refractivity contribution < 1.29 is 4.79 Å². The second kappa shape index (κ2) is 7.49. The highest BCUT2D eigenvalue weighted by Crippen LogP contribution is 2.36. The second-order valence-electron chi connectivity index (χ2n) is 8.57. The highest BCUT2D eigenvalue weighted by Gasteiger charge is 2.36. The van der Waals surface area contributed by atoms with E-state index in [1.165, 1.54) is 6.42 Å². The average Bonchev–Trinajstić information content (AvgIpc) is 3.20. The highest BCUT2D eigenvalue weighted by molar-refractivity contribution is 5.99. The van der Waals surface area contributed by atoms with Crippen molar-refractivity contribution in [3.05, 3.63) is 36.3 Å². The predicted octanol–water partition coefficient (Wildman–Crippen LogP) is 2.21. The predicted molar refractivity (Wildman–Crippen MR) is 119 cm³/mol. The fourth-order valence-corrected chi connectivity index (χ4v) is 5.09. The molecule has 3 aromatic heterocycles. The van der Waals surface area contributed by atoms with Crippen LogP contribution in [0.4, 0.5) is 17.5 Å². The van der Waals surface area contributed by atoms with Gasteiger partial charge in [-0.15, -0.1) is 0 Å². The molecule has 2 fully saturated rings. The molecule has 1 aliphatic carbocycles. The number of anilines is 3. The maximum absolute atomic E-state index is 12.6. The largest absolute Gasteiger partial charge is 0.368 e. The lowest BCUT2D eigenvalue weighted by Gasteiger charge is -2.38. The van der Waals surface area contributed by atoms with Gasteiger partial charge in [-0.25, -0.2) is 9.97 Å². The van der Waals surface area contributed by atoms with E-state index in [2.05, 4.69) is 41.5 Å². The number of hydrogen-bond donors (Lipinski definition) is 3. The summed E-state index contributed by atoms with van der Waals surface area (Å²) in [4.78, 5) is 28.8. The topological polar surface area (TPSA) is 100 Å². The minimum absolute atomic E-state index is 0.0131. The number of pyridine rings is 1. The summed E-state index contributed by atoms with van der Waals surface area (Å²) in [5.74, 6) is 1.19. The second-order valence-corrected chi connectivity index (χ2v) is 8.57. The van der Waals surface area contributed by atoms with Crippen molar-refractivity contribution in [2.45, 2.75) is 37.8 Å². The van der Waals surface area contributed by atoms with Crippen LogP contribution in [0.15, 0.2) is 30.6 Å². The van der Waals surface area contributed by atoms with Crippen LogP contribution in [-0.4, -0.2) is 57.6 Å². The van der Waals surface area contributed by atoms with Crippen LogP contribution in [0.25, 0.3) is 11.0 Å². The van der Waals surface area contributed by atoms with E-state index in [-0.39, 0.29) is 18.0 Å². The number of fused-ring (bicyclic) bond motifs is 5. The van der Waals surface area contributed by atoms with E-state index < -0.39 is 0 Å². The molecule has 0 aromatic carbocycles. The molecular formula is C22H26N8O. The fraction of sp³-hybridized carbons (Fsp3) is 0.455. The van der Waals surface area contributed by atoms with Crippen LogP contribution < -0.4 is 20.9 Å². The van der Waals surface area contributed by atoms with Gasteiger partial charge in [-0.3, -0.25) is 4.79 Å². The monoisotopic (exact) mass is 418 g/mol. The number of carbonyl (C=O) groups is 1. The van der Waals surface area contributed by atoms with E-state index in [0.29, 0.717) is 17.5 Å². The number of nitrogens with zero attached hydrogens (tertiary/aromatic N) is 5. The summed E-state index contributed by atoms with van der Waals surface area (Å²) < 4.78 is 2.13. The first kappa shape index (κ1) is 18.6. The summed E-state index contributed by atoms with van der Waals surface area (Å²) >= 11 is 0. The molecule has 31 heavy (non-hydrogen) atoms. The molecule has 3 aromatic rings. The van der Waals surface area contributed by atoms with Crippen LogP contribution in [0.3, 0.4) is 0 Å². The normalized spacial score (nSPS) is 23.2. The third-order valence-electron chi connectivity index (χ3n) is 6.66. The van der Waals surface area contributed by atoms with Crippen LogP contribution in [0, 0.1) is 0 Å². The summed E-state index contributed by atoms with van der Waals surface area (Å²) in [5.41, 5.74) is 2.62. The number of aromatic nitrogens is 4. The van der Waals surface area contributed by atoms with Gasteiger partial charge in [0, 0.05) is 43.8 Å². The quantitative estimate of drug-likeness (QED) is 0.600. The van der Waals surface area contributed by atoms with Gasteiger partial charge in [0.1, 0.15) is 17.2 Å². The van der Waals surface area contributed by atoms with Crippen LogP contribution in [0.1, 0.15) is 42.2 Å². The van der Waals surface area contributed by atoms with Gasteiger partial charge in [0.2, 0.25) is 5.95 Å². The first-order valence-electron chi connectivity index (χ1n) is 11.1. The van der Waals surface area contributed by atoms with Crippen molar-refractivity contribution in [3.8, 4) is 0 Å². The molecule has 0 spiro atoms. The van der Waals surface area contributed by atoms with Gasteiger partial charge in [-0.05, 0) is 31.0 Å². The molecule has 0 radical (unpaired) electrons. The molecule has 160 valence electrons. The molecule has 9 heteroatoms. The first-order valence-corrected chi connectivity index (χ1v) is 11.1. The number of hydrogen-bond acceptors (Lipinski definition) is 7.